The third-order valence-electron chi connectivity index (χ3n) is 1.50. The predicted molar refractivity (Wildman–Crippen MR) is 55.1 cm³/mol. The number of hydrogen-bond donors (Lipinski definition) is 0. The van der Waals surface area contributed by atoms with Gasteiger partial charge in [-0.15, -0.1) is 0 Å². The van der Waals surface area contributed by atoms with Gasteiger partial charge in [-0.3, -0.25) is 0 Å². The van der Waals surface area contributed by atoms with Crippen molar-refractivity contribution in [3.63, 3.8) is 0 Å². The van der Waals surface area contributed by atoms with Crippen LogP contribution in [0.2, 0.25) is 0 Å². The van der Waals surface area contributed by atoms with Gasteiger partial charge in [0.15, 0.2) is 0 Å². The molecule has 0 radical (unpaired) electrons. The number of thioether (sulfide) groups is 1. The number of benzene rings is 1. The Labute approximate surface area is 78.4 Å². The zero-order valence-corrected chi connectivity index (χ0v) is 8.24. The quantitative estimate of drug-likeness (QED) is 0.466. The lowest BCUT2D eigenvalue weighted by molar-refractivity contribution is 1.28. The maximum absolute atomic E-state index is 3.06. The molecule has 0 aromatic heterocycles. The van der Waals surface area contributed by atoms with Crippen molar-refractivity contribution in [2.75, 3.05) is 0 Å². The van der Waals surface area contributed by atoms with Crippen LogP contribution >= 0.6 is 11.8 Å². The Morgan fingerprint density at radius 2 is 2.08 bits per heavy atom. The van der Waals surface area contributed by atoms with Crippen LogP contribution in [0, 0.1) is 18.1 Å². The number of aryl methyl sites for hydroxylation is 1. The van der Waals surface area contributed by atoms with E-state index in [2.05, 4.69) is 37.2 Å². The summed E-state index contributed by atoms with van der Waals surface area (Å²) in [6, 6.07) is 8.30. The van der Waals surface area contributed by atoms with Crippen molar-refractivity contribution >= 4 is 11.8 Å². The van der Waals surface area contributed by atoms with Crippen LogP contribution in [-0.2, 0) is 0 Å². The van der Waals surface area contributed by atoms with Crippen molar-refractivity contribution in [2.24, 2.45) is 0 Å². The molecule has 0 saturated carbocycles. The molecule has 0 atom stereocenters. The molecule has 0 aliphatic carbocycles. The van der Waals surface area contributed by atoms with E-state index in [1.807, 2.05) is 12.1 Å². The Bertz CT molecular complexity index is 304. The Morgan fingerprint density at radius 3 is 2.75 bits per heavy atom. The van der Waals surface area contributed by atoms with Crippen molar-refractivity contribution in [3.05, 3.63) is 29.8 Å². The largest absolute Gasteiger partial charge is 0.0912 e. The zero-order chi connectivity index (χ0) is 8.81. The molecule has 0 N–H and O–H groups in total. The van der Waals surface area contributed by atoms with Gasteiger partial charge in [0.1, 0.15) is 0 Å². The molecule has 0 unspecified atom stereocenters. The van der Waals surface area contributed by atoms with Crippen molar-refractivity contribution in [3.8, 4) is 11.2 Å². The lowest BCUT2D eigenvalue weighted by Crippen LogP contribution is -1.74. The summed E-state index contributed by atoms with van der Waals surface area (Å²) in [6.07, 6.45) is 0.929. The molecule has 1 aromatic carbocycles. The molecule has 0 aliphatic heterocycles. The van der Waals surface area contributed by atoms with Gasteiger partial charge >= 0.3 is 0 Å². The van der Waals surface area contributed by atoms with E-state index in [0.717, 1.165) is 6.42 Å². The number of rotatable bonds is 1. The van der Waals surface area contributed by atoms with Gasteiger partial charge in [0.25, 0.3) is 0 Å². The van der Waals surface area contributed by atoms with Crippen LogP contribution in [0.1, 0.15) is 18.9 Å². The third kappa shape index (κ3) is 2.64. The summed E-state index contributed by atoms with van der Waals surface area (Å²) in [5.41, 5.74) is 1.30. The Morgan fingerprint density at radius 1 is 1.33 bits per heavy atom. The first-order valence-electron chi connectivity index (χ1n) is 4.05. The highest BCUT2D eigenvalue weighted by Gasteiger charge is 1.93. The van der Waals surface area contributed by atoms with Crippen LogP contribution in [-0.4, -0.2) is 0 Å². The average molecular weight is 176 g/mol. The molecule has 12 heavy (non-hydrogen) atoms. The predicted octanol–water partition coefficient (Wildman–Crippen LogP) is 3.46. The SMILES string of the molecule is CCC#CSc1ccccc1C. The van der Waals surface area contributed by atoms with Crippen LogP contribution in [0.4, 0.5) is 0 Å². The fraction of sp³-hybridized carbons (Fsp3) is 0.273. The molecule has 0 saturated heterocycles. The summed E-state index contributed by atoms with van der Waals surface area (Å²) >= 11 is 1.61. The first-order valence-corrected chi connectivity index (χ1v) is 4.86. The van der Waals surface area contributed by atoms with Gasteiger partial charge in [-0.1, -0.05) is 31.0 Å². The van der Waals surface area contributed by atoms with Crippen LogP contribution in [0.15, 0.2) is 29.2 Å². The first kappa shape index (κ1) is 9.22. The Balaban J connectivity index is 2.69. The standard InChI is InChI=1S/C11H12S/c1-3-4-9-12-11-8-6-5-7-10(11)2/h5-8H,3H2,1-2H3. The van der Waals surface area contributed by atoms with E-state index in [-0.39, 0.29) is 0 Å². The maximum Gasteiger partial charge on any atom is 0.0232 e. The molecule has 0 heterocycles. The van der Waals surface area contributed by atoms with E-state index >= 15 is 0 Å². The summed E-state index contributed by atoms with van der Waals surface area (Å²) < 4.78 is 0. The van der Waals surface area contributed by atoms with Gasteiger partial charge in [-0.05, 0) is 35.6 Å². The molecule has 0 nitrogen and oxygen atoms in total. The second-order valence-electron chi connectivity index (χ2n) is 2.50. The highest BCUT2D eigenvalue weighted by molar-refractivity contribution is 8.04. The lowest BCUT2D eigenvalue weighted by Gasteiger charge is -1.97. The molecule has 1 rings (SSSR count). The van der Waals surface area contributed by atoms with Crippen molar-refractivity contribution < 1.29 is 0 Å². The minimum Gasteiger partial charge on any atom is -0.0912 e. The second-order valence-corrected chi connectivity index (χ2v) is 3.35. The van der Waals surface area contributed by atoms with E-state index in [9.17, 15) is 0 Å². The fourth-order valence-electron chi connectivity index (χ4n) is 0.834. The summed E-state index contributed by atoms with van der Waals surface area (Å²) in [5.74, 6) is 3.04. The molecule has 0 aliphatic rings. The fourth-order valence-corrected chi connectivity index (χ4v) is 1.54. The normalized spacial score (nSPS) is 8.83. The molecule has 0 amide bonds. The molecule has 1 heteroatoms. The average Bonchev–Trinajstić information content (AvgIpc) is 2.09. The van der Waals surface area contributed by atoms with E-state index in [4.69, 9.17) is 0 Å². The summed E-state index contributed by atoms with van der Waals surface area (Å²) in [5, 5.41) is 3.06. The molecule has 1 aromatic rings. The van der Waals surface area contributed by atoms with Gasteiger partial charge in [-0.2, -0.15) is 0 Å². The smallest absolute Gasteiger partial charge is 0.0232 e. The third-order valence-corrected chi connectivity index (χ3v) is 2.43. The van der Waals surface area contributed by atoms with Crippen molar-refractivity contribution in [1.82, 2.24) is 0 Å². The molecule has 0 spiro atoms. The van der Waals surface area contributed by atoms with Crippen molar-refractivity contribution in [1.29, 1.82) is 0 Å². The minimum absolute atomic E-state index is 0.929. The van der Waals surface area contributed by atoms with E-state index in [0.29, 0.717) is 0 Å². The summed E-state index contributed by atoms with van der Waals surface area (Å²) in [6.45, 7) is 4.17. The van der Waals surface area contributed by atoms with Crippen LogP contribution in [0.3, 0.4) is 0 Å². The first-order chi connectivity index (χ1) is 5.84. The van der Waals surface area contributed by atoms with E-state index < -0.39 is 0 Å². The topological polar surface area (TPSA) is 0 Å². The maximum atomic E-state index is 3.06. The van der Waals surface area contributed by atoms with Gasteiger partial charge in [-0.25, -0.2) is 0 Å². The second kappa shape index (κ2) is 4.90. The van der Waals surface area contributed by atoms with Crippen molar-refractivity contribution in [2.45, 2.75) is 25.2 Å². The Hall–Kier alpha value is -0.870. The van der Waals surface area contributed by atoms with Gasteiger partial charge in [0.05, 0.1) is 0 Å². The van der Waals surface area contributed by atoms with E-state index in [1.54, 1.807) is 11.8 Å². The Kier molecular flexibility index (Phi) is 3.76. The van der Waals surface area contributed by atoms with Gasteiger partial charge < -0.3 is 0 Å². The van der Waals surface area contributed by atoms with E-state index in [1.165, 1.54) is 10.5 Å². The lowest BCUT2D eigenvalue weighted by atomic mass is 10.2. The molecule has 0 fully saturated rings. The summed E-state index contributed by atoms with van der Waals surface area (Å²) in [4.78, 5) is 1.26. The molecule has 62 valence electrons. The minimum atomic E-state index is 0.929. The molecular weight excluding hydrogens is 164 g/mol. The molecule has 0 bridgehead atoms. The van der Waals surface area contributed by atoms with Gasteiger partial charge in [0, 0.05) is 11.3 Å². The number of hydrogen-bond acceptors (Lipinski definition) is 1. The zero-order valence-electron chi connectivity index (χ0n) is 7.42. The summed E-state index contributed by atoms with van der Waals surface area (Å²) in [7, 11) is 0. The van der Waals surface area contributed by atoms with Crippen LogP contribution < -0.4 is 0 Å². The highest BCUT2D eigenvalue weighted by atomic mass is 32.2. The molecular formula is C11H12S. The van der Waals surface area contributed by atoms with Gasteiger partial charge in [0.2, 0.25) is 0 Å². The van der Waals surface area contributed by atoms with Crippen LogP contribution in [0.5, 0.6) is 0 Å². The van der Waals surface area contributed by atoms with Crippen LogP contribution in [0.25, 0.3) is 0 Å². The highest BCUT2D eigenvalue weighted by Crippen LogP contribution is 2.20. The monoisotopic (exact) mass is 176 g/mol.